The van der Waals surface area contributed by atoms with Gasteiger partial charge in [0.15, 0.2) is 0 Å². The van der Waals surface area contributed by atoms with Gasteiger partial charge in [-0.05, 0) is 49.7 Å². The molecule has 2 atom stereocenters. The number of nitriles is 1. The third kappa shape index (κ3) is 4.93. The van der Waals surface area contributed by atoms with E-state index in [2.05, 4.69) is 16.5 Å². The van der Waals surface area contributed by atoms with Gasteiger partial charge in [0.05, 0.1) is 35.5 Å². The lowest BCUT2D eigenvalue weighted by molar-refractivity contribution is -0.123. The first kappa shape index (κ1) is 25.3. The molecule has 2 aromatic carbocycles. The standard InChI is InChI=1S/C27H25ClN6O4/c1-16(2)38-22-11-17(12-29)3-8-21(22)26-32-24(18-4-6-20(28)7-5-18)25(19-13-31-37-15-19)34(26)27(36)33-10-9-30-23(35)14-33/h3-8,11,13,15-16,24-25H,9-10,14H2,1-2H3,(H,30,35)/t24-,25+/m0/s1. The van der Waals surface area contributed by atoms with Crippen molar-refractivity contribution in [2.24, 2.45) is 4.99 Å². The number of hydrogen-bond donors (Lipinski definition) is 1. The number of aromatic nitrogens is 1. The molecule has 2 aliphatic heterocycles. The van der Waals surface area contributed by atoms with Crippen molar-refractivity contribution < 1.29 is 18.8 Å². The van der Waals surface area contributed by atoms with Crippen molar-refractivity contribution in [1.29, 1.82) is 5.26 Å². The highest BCUT2D eigenvalue weighted by Crippen LogP contribution is 2.45. The van der Waals surface area contributed by atoms with E-state index in [-0.39, 0.29) is 24.6 Å². The number of aliphatic imine (C=N–C) groups is 1. The number of piperazine rings is 1. The third-order valence-corrected chi connectivity index (χ3v) is 6.55. The Morgan fingerprint density at radius 2 is 2.03 bits per heavy atom. The summed E-state index contributed by atoms with van der Waals surface area (Å²) in [5.74, 6) is 0.542. The lowest BCUT2D eigenvalue weighted by Gasteiger charge is -2.35. The summed E-state index contributed by atoms with van der Waals surface area (Å²) in [7, 11) is 0. The molecular formula is C27H25ClN6O4. The number of nitrogens with one attached hydrogen (secondary N) is 1. The van der Waals surface area contributed by atoms with Crippen molar-refractivity contribution in [1.82, 2.24) is 20.3 Å². The van der Waals surface area contributed by atoms with Crippen LogP contribution in [0.1, 0.15) is 48.2 Å². The predicted octanol–water partition coefficient (Wildman–Crippen LogP) is 4.08. The molecule has 0 radical (unpaired) electrons. The fourth-order valence-electron chi connectivity index (χ4n) is 4.64. The van der Waals surface area contributed by atoms with Gasteiger partial charge in [0, 0.05) is 23.7 Å². The van der Waals surface area contributed by atoms with Crippen molar-refractivity contribution in [2.75, 3.05) is 19.6 Å². The topological polar surface area (TPSA) is 124 Å². The van der Waals surface area contributed by atoms with Crippen LogP contribution in [0.4, 0.5) is 4.79 Å². The van der Waals surface area contributed by atoms with E-state index >= 15 is 0 Å². The number of urea groups is 1. The molecule has 10 nitrogen and oxygen atoms in total. The lowest BCUT2D eigenvalue weighted by atomic mass is 9.96. The van der Waals surface area contributed by atoms with Crippen LogP contribution in [0.25, 0.3) is 0 Å². The molecule has 1 aromatic heterocycles. The Hall–Kier alpha value is -4.36. The molecule has 0 aliphatic carbocycles. The minimum atomic E-state index is -0.627. The van der Waals surface area contributed by atoms with Crippen LogP contribution in [-0.4, -0.2) is 58.5 Å². The number of hydrogen-bond acceptors (Lipinski definition) is 7. The van der Waals surface area contributed by atoms with Crippen molar-refractivity contribution in [3.8, 4) is 11.8 Å². The van der Waals surface area contributed by atoms with Gasteiger partial charge >= 0.3 is 6.03 Å². The van der Waals surface area contributed by atoms with Gasteiger partial charge < -0.3 is 19.5 Å². The second-order valence-electron chi connectivity index (χ2n) is 9.27. The second-order valence-corrected chi connectivity index (χ2v) is 9.70. The molecule has 194 valence electrons. The number of halogens is 1. The van der Waals surface area contributed by atoms with Gasteiger partial charge in [-0.1, -0.05) is 28.9 Å². The molecule has 1 N–H and O–H groups in total. The summed E-state index contributed by atoms with van der Waals surface area (Å²) in [4.78, 5) is 34.4. The Bertz CT molecular complexity index is 1410. The first-order chi connectivity index (χ1) is 18.4. The van der Waals surface area contributed by atoms with Gasteiger partial charge in [-0.15, -0.1) is 0 Å². The Morgan fingerprint density at radius 3 is 2.68 bits per heavy atom. The number of ether oxygens (including phenoxy) is 1. The summed E-state index contributed by atoms with van der Waals surface area (Å²) in [5.41, 5.74) is 2.42. The Balaban J connectivity index is 1.69. The van der Waals surface area contributed by atoms with E-state index in [1.165, 1.54) is 11.2 Å². The van der Waals surface area contributed by atoms with Gasteiger partial charge in [0.25, 0.3) is 0 Å². The molecule has 0 unspecified atom stereocenters. The Labute approximate surface area is 224 Å². The fraction of sp³-hybridized carbons (Fsp3) is 0.296. The van der Waals surface area contributed by atoms with E-state index < -0.39 is 12.1 Å². The predicted molar refractivity (Wildman–Crippen MR) is 139 cm³/mol. The van der Waals surface area contributed by atoms with Crippen LogP contribution in [0.15, 0.2) is 64.4 Å². The Kier molecular flexibility index (Phi) is 7.03. The minimum absolute atomic E-state index is 0.0761. The van der Waals surface area contributed by atoms with Gasteiger partial charge in [-0.25, -0.2) is 4.79 Å². The molecule has 38 heavy (non-hydrogen) atoms. The average Bonchev–Trinajstić information content (AvgIpc) is 3.56. The number of rotatable bonds is 5. The van der Waals surface area contributed by atoms with Gasteiger partial charge in [-0.3, -0.25) is 14.7 Å². The summed E-state index contributed by atoms with van der Waals surface area (Å²) < 4.78 is 11.2. The highest BCUT2D eigenvalue weighted by Gasteiger charge is 2.45. The SMILES string of the molecule is CC(C)Oc1cc(C#N)ccc1C1=N[C@@H](c2ccc(Cl)cc2)[C@@H](c2cnoc2)N1C(=O)N1CCNC(=O)C1. The zero-order valence-corrected chi connectivity index (χ0v) is 21.6. The number of carbonyl (C=O) groups excluding carboxylic acids is 2. The summed E-state index contributed by atoms with van der Waals surface area (Å²) in [6, 6.07) is 12.9. The molecule has 3 heterocycles. The van der Waals surface area contributed by atoms with E-state index in [1.807, 2.05) is 26.0 Å². The Morgan fingerprint density at radius 1 is 1.24 bits per heavy atom. The molecular weight excluding hydrogens is 508 g/mol. The van der Waals surface area contributed by atoms with Crippen LogP contribution in [0.2, 0.25) is 5.02 Å². The maximum atomic E-state index is 14.1. The van der Waals surface area contributed by atoms with Crippen LogP contribution in [-0.2, 0) is 4.79 Å². The van der Waals surface area contributed by atoms with Crippen molar-refractivity contribution in [2.45, 2.75) is 32.0 Å². The fourth-order valence-corrected chi connectivity index (χ4v) is 4.76. The quantitative estimate of drug-likeness (QED) is 0.528. The number of amidine groups is 1. The molecule has 3 amide bonds. The third-order valence-electron chi connectivity index (χ3n) is 6.30. The molecule has 2 aliphatic rings. The van der Waals surface area contributed by atoms with E-state index in [4.69, 9.17) is 25.9 Å². The lowest BCUT2D eigenvalue weighted by Crippen LogP contribution is -2.55. The molecule has 5 rings (SSSR count). The summed E-state index contributed by atoms with van der Waals surface area (Å²) >= 11 is 6.16. The average molecular weight is 533 g/mol. The highest BCUT2D eigenvalue weighted by atomic mass is 35.5. The summed E-state index contributed by atoms with van der Waals surface area (Å²) in [5, 5.41) is 16.7. The summed E-state index contributed by atoms with van der Waals surface area (Å²) in [6.45, 7) is 4.38. The largest absolute Gasteiger partial charge is 0.490 e. The van der Waals surface area contributed by atoms with Crippen molar-refractivity contribution in [3.63, 3.8) is 0 Å². The van der Waals surface area contributed by atoms with Crippen molar-refractivity contribution in [3.05, 3.63) is 82.2 Å². The maximum Gasteiger partial charge on any atom is 0.326 e. The molecule has 1 fully saturated rings. The highest BCUT2D eigenvalue weighted by molar-refractivity contribution is 6.30. The van der Waals surface area contributed by atoms with Crippen LogP contribution < -0.4 is 10.1 Å². The minimum Gasteiger partial charge on any atom is -0.490 e. The number of amides is 3. The molecule has 1 saturated heterocycles. The monoisotopic (exact) mass is 532 g/mol. The number of carbonyl (C=O) groups is 2. The zero-order chi connectivity index (χ0) is 26.8. The van der Waals surface area contributed by atoms with Crippen LogP contribution in [0, 0.1) is 11.3 Å². The van der Waals surface area contributed by atoms with Gasteiger partial charge in [0.2, 0.25) is 5.91 Å². The van der Waals surface area contributed by atoms with Gasteiger partial charge in [-0.2, -0.15) is 5.26 Å². The van der Waals surface area contributed by atoms with E-state index in [0.717, 1.165) is 5.56 Å². The van der Waals surface area contributed by atoms with Gasteiger partial charge in [0.1, 0.15) is 30.4 Å². The second kappa shape index (κ2) is 10.6. The van der Waals surface area contributed by atoms with Crippen LogP contribution >= 0.6 is 11.6 Å². The van der Waals surface area contributed by atoms with E-state index in [9.17, 15) is 14.9 Å². The molecule has 0 bridgehead atoms. The first-order valence-corrected chi connectivity index (χ1v) is 12.5. The molecule has 11 heteroatoms. The molecule has 3 aromatic rings. The molecule has 0 saturated carbocycles. The van der Waals surface area contributed by atoms with Crippen LogP contribution in [0.5, 0.6) is 5.75 Å². The first-order valence-electron chi connectivity index (χ1n) is 12.1. The molecule has 0 spiro atoms. The number of benzene rings is 2. The van der Waals surface area contributed by atoms with E-state index in [1.54, 1.807) is 41.4 Å². The van der Waals surface area contributed by atoms with E-state index in [0.29, 0.717) is 46.4 Å². The smallest absolute Gasteiger partial charge is 0.326 e. The summed E-state index contributed by atoms with van der Waals surface area (Å²) in [6.07, 6.45) is 2.85. The van der Waals surface area contributed by atoms with Crippen LogP contribution in [0.3, 0.4) is 0 Å². The normalized spacial score (nSPS) is 19.2. The zero-order valence-electron chi connectivity index (χ0n) is 20.8. The number of nitrogens with zero attached hydrogens (tertiary/aromatic N) is 5. The maximum absolute atomic E-state index is 14.1. The van der Waals surface area contributed by atoms with Crippen molar-refractivity contribution >= 4 is 29.4 Å².